The molecule has 2 N–H and O–H groups in total. The largest absolute Gasteiger partial charge is 0.382 e. The minimum atomic E-state index is 0.183. The van der Waals surface area contributed by atoms with Crippen LogP contribution < -0.4 is 5.73 Å². The molecule has 1 aliphatic carbocycles. The van der Waals surface area contributed by atoms with Gasteiger partial charge in [-0.15, -0.1) is 0 Å². The number of hydrogen-bond donors (Lipinski definition) is 1. The van der Waals surface area contributed by atoms with Crippen LogP contribution in [0.25, 0.3) is 0 Å². The smallest absolute Gasteiger partial charge is 0.0640 e. The molecule has 2 atom stereocenters. The second-order valence-corrected chi connectivity index (χ2v) is 6.17. The van der Waals surface area contributed by atoms with Gasteiger partial charge in [0.2, 0.25) is 0 Å². The number of aromatic nitrogens is 2. The number of nitrogens with zero attached hydrogens (tertiary/aromatic N) is 2. The van der Waals surface area contributed by atoms with Gasteiger partial charge >= 0.3 is 0 Å². The first kappa shape index (κ1) is 15.5. The number of methoxy groups -OCH3 is 1. The highest BCUT2D eigenvalue weighted by Gasteiger charge is 2.16. The van der Waals surface area contributed by atoms with E-state index in [1.165, 1.54) is 32.1 Å². The van der Waals surface area contributed by atoms with Gasteiger partial charge in [-0.05, 0) is 38.7 Å². The Morgan fingerprint density at radius 1 is 1.35 bits per heavy atom. The van der Waals surface area contributed by atoms with E-state index in [9.17, 15) is 0 Å². The number of hydrogen-bond acceptors (Lipinski definition) is 3. The van der Waals surface area contributed by atoms with Crippen molar-refractivity contribution in [1.82, 2.24) is 9.78 Å². The summed E-state index contributed by atoms with van der Waals surface area (Å²) < 4.78 is 7.42. The molecule has 1 aromatic heterocycles. The lowest BCUT2D eigenvalue weighted by Gasteiger charge is -2.21. The zero-order valence-corrected chi connectivity index (χ0v) is 12.9. The molecule has 0 spiro atoms. The maximum Gasteiger partial charge on any atom is 0.0640 e. The molecular formula is C16H29N3O. The number of nitrogens with two attached hydrogens (primary N) is 1. The minimum Gasteiger partial charge on any atom is -0.382 e. The highest BCUT2D eigenvalue weighted by molar-refractivity contribution is 5.02. The average molecular weight is 279 g/mol. The molecule has 1 saturated carbocycles. The Hall–Kier alpha value is -0.870. The molecule has 114 valence electrons. The van der Waals surface area contributed by atoms with Gasteiger partial charge in [0.05, 0.1) is 17.8 Å². The lowest BCUT2D eigenvalue weighted by molar-refractivity contribution is 0.107. The Morgan fingerprint density at radius 2 is 2.10 bits per heavy atom. The summed E-state index contributed by atoms with van der Waals surface area (Å²) in [6.07, 6.45) is 11.9. The fraction of sp³-hybridized carbons (Fsp3) is 0.812. The first-order valence-corrected chi connectivity index (χ1v) is 8.01. The monoisotopic (exact) mass is 279 g/mol. The summed E-state index contributed by atoms with van der Waals surface area (Å²) in [5.74, 6) is 0. The van der Waals surface area contributed by atoms with Crippen molar-refractivity contribution in [2.75, 3.05) is 7.11 Å². The molecule has 1 fully saturated rings. The Labute approximate surface area is 122 Å². The molecule has 20 heavy (non-hydrogen) atoms. The molecule has 0 aliphatic heterocycles. The van der Waals surface area contributed by atoms with Crippen molar-refractivity contribution in [3.05, 3.63) is 18.0 Å². The summed E-state index contributed by atoms with van der Waals surface area (Å²) in [6, 6.07) is 2.93. The van der Waals surface area contributed by atoms with Gasteiger partial charge in [-0.1, -0.05) is 19.3 Å². The molecule has 0 saturated heterocycles. The summed E-state index contributed by atoms with van der Waals surface area (Å²) in [5.41, 5.74) is 7.32. The second-order valence-electron chi connectivity index (χ2n) is 6.17. The third kappa shape index (κ3) is 4.60. The Kier molecular flexibility index (Phi) is 6.05. The average Bonchev–Trinajstić information content (AvgIpc) is 2.94. The summed E-state index contributed by atoms with van der Waals surface area (Å²) in [6.45, 7) is 2.09. The van der Waals surface area contributed by atoms with E-state index in [0.29, 0.717) is 12.1 Å². The lowest BCUT2D eigenvalue weighted by Crippen LogP contribution is -2.25. The minimum absolute atomic E-state index is 0.183. The van der Waals surface area contributed by atoms with Crippen LogP contribution in [0.4, 0.5) is 0 Å². The zero-order chi connectivity index (χ0) is 14.4. The van der Waals surface area contributed by atoms with Crippen molar-refractivity contribution in [3.63, 3.8) is 0 Å². The molecule has 0 aromatic carbocycles. The van der Waals surface area contributed by atoms with Crippen molar-refractivity contribution in [2.45, 2.75) is 76.5 Å². The van der Waals surface area contributed by atoms with Gasteiger partial charge in [0.15, 0.2) is 0 Å². The van der Waals surface area contributed by atoms with Crippen LogP contribution >= 0.6 is 0 Å². The quantitative estimate of drug-likeness (QED) is 0.834. The summed E-state index contributed by atoms with van der Waals surface area (Å²) >= 11 is 0. The molecule has 0 bridgehead atoms. The van der Waals surface area contributed by atoms with Crippen molar-refractivity contribution in [3.8, 4) is 0 Å². The molecular weight excluding hydrogens is 250 g/mol. The van der Waals surface area contributed by atoms with Crippen LogP contribution in [-0.2, 0) is 11.2 Å². The van der Waals surface area contributed by atoms with E-state index in [0.717, 1.165) is 25.0 Å². The Morgan fingerprint density at radius 3 is 2.80 bits per heavy atom. The van der Waals surface area contributed by atoms with E-state index in [1.807, 2.05) is 0 Å². The van der Waals surface area contributed by atoms with Crippen LogP contribution in [0.1, 0.15) is 63.6 Å². The fourth-order valence-corrected chi connectivity index (χ4v) is 2.97. The van der Waals surface area contributed by atoms with E-state index in [-0.39, 0.29) is 6.04 Å². The molecule has 4 nitrogen and oxygen atoms in total. The third-order valence-electron chi connectivity index (χ3n) is 4.43. The van der Waals surface area contributed by atoms with E-state index in [4.69, 9.17) is 15.6 Å². The number of ether oxygens (including phenoxy) is 1. The fourth-order valence-electron chi connectivity index (χ4n) is 2.97. The van der Waals surface area contributed by atoms with E-state index in [1.54, 1.807) is 7.11 Å². The van der Waals surface area contributed by atoms with Crippen LogP contribution in [-0.4, -0.2) is 29.0 Å². The molecule has 1 aromatic rings. The predicted octanol–water partition coefficient (Wildman–Crippen LogP) is 3.07. The van der Waals surface area contributed by atoms with Crippen LogP contribution in [0.5, 0.6) is 0 Å². The van der Waals surface area contributed by atoms with Gasteiger partial charge < -0.3 is 10.5 Å². The molecule has 1 aliphatic rings. The Balaban J connectivity index is 1.79. The van der Waals surface area contributed by atoms with Crippen molar-refractivity contribution in [2.24, 2.45) is 5.73 Å². The predicted molar refractivity (Wildman–Crippen MR) is 81.7 cm³/mol. The second kappa shape index (κ2) is 7.79. The molecule has 0 radical (unpaired) electrons. The van der Waals surface area contributed by atoms with Crippen molar-refractivity contribution in [1.29, 1.82) is 0 Å². The van der Waals surface area contributed by atoms with Crippen LogP contribution in [0, 0.1) is 0 Å². The SMILES string of the molecule is COC(C)CCC(N)Cc1ccn(C2CCCCC2)n1. The van der Waals surface area contributed by atoms with Crippen molar-refractivity contribution < 1.29 is 4.74 Å². The standard InChI is InChI=1S/C16H29N3O/c1-13(20-2)8-9-14(17)12-15-10-11-19(18-15)16-6-4-3-5-7-16/h10-11,13-14,16H,3-9,12,17H2,1-2H3. The van der Waals surface area contributed by atoms with E-state index in [2.05, 4.69) is 23.9 Å². The highest BCUT2D eigenvalue weighted by Crippen LogP contribution is 2.27. The Bertz CT molecular complexity index is 385. The number of rotatable bonds is 7. The zero-order valence-electron chi connectivity index (χ0n) is 12.9. The lowest BCUT2D eigenvalue weighted by atomic mass is 9.96. The molecule has 2 unspecified atom stereocenters. The van der Waals surface area contributed by atoms with Gasteiger partial charge in [-0.3, -0.25) is 4.68 Å². The third-order valence-corrected chi connectivity index (χ3v) is 4.43. The molecule has 4 heteroatoms. The summed E-state index contributed by atoms with van der Waals surface area (Å²) in [7, 11) is 1.75. The van der Waals surface area contributed by atoms with Gasteiger partial charge in [0.1, 0.15) is 0 Å². The highest BCUT2D eigenvalue weighted by atomic mass is 16.5. The van der Waals surface area contributed by atoms with Gasteiger partial charge in [0, 0.05) is 25.8 Å². The van der Waals surface area contributed by atoms with Gasteiger partial charge in [-0.25, -0.2) is 0 Å². The summed E-state index contributed by atoms with van der Waals surface area (Å²) in [4.78, 5) is 0. The van der Waals surface area contributed by atoms with Gasteiger partial charge in [0.25, 0.3) is 0 Å². The maximum atomic E-state index is 6.19. The summed E-state index contributed by atoms with van der Waals surface area (Å²) in [5, 5.41) is 4.73. The molecule has 0 amide bonds. The maximum absolute atomic E-state index is 6.19. The topological polar surface area (TPSA) is 53.1 Å². The van der Waals surface area contributed by atoms with Crippen molar-refractivity contribution >= 4 is 0 Å². The van der Waals surface area contributed by atoms with E-state index >= 15 is 0 Å². The van der Waals surface area contributed by atoms with Crippen LogP contribution in [0.15, 0.2) is 12.3 Å². The normalized spacial score (nSPS) is 19.9. The first-order valence-electron chi connectivity index (χ1n) is 8.01. The molecule has 1 heterocycles. The van der Waals surface area contributed by atoms with Crippen LogP contribution in [0.3, 0.4) is 0 Å². The van der Waals surface area contributed by atoms with Gasteiger partial charge in [-0.2, -0.15) is 5.10 Å². The van der Waals surface area contributed by atoms with Crippen LogP contribution in [0.2, 0.25) is 0 Å². The first-order chi connectivity index (χ1) is 9.69. The van der Waals surface area contributed by atoms with E-state index < -0.39 is 0 Å². The molecule has 2 rings (SSSR count).